The Morgan fingerprint density at radius 1 is 1.17 bits per heavy atom. The lowest BCUT2D eigenvalue weighted by Gasteiger charge is -2.36. The van der Waals surface area contributed by atoms with Gasteiger partial charge in [0.15, 0.2) is 5.96 Å². The van der Waals surface area contributed by atoms with Gasteiger partial charge in [0.2, 0.25) is 0 Å². The fourth-order valence-electron chi connectivity index (χ4n) is 4.12. The summed E-state index contributed by atoms with van der Waals surface area (Å²) in [5, 5.41) is 17.4. The number of nitrogens with zero attached hydrogens (tertiary/aromatic N) is 3. The van der Waals surface area contributed by atoms with Crippen molar-refractivity contribution in [3.05, 3.63) is 29.3 Å². The van der Waals surface area contributed by atoms with Crippen LogP contribution in [0.25, 0.3) is 0 Å². The van der Waals surface area contributed by atoms with Crippen LogP contribution in [-0.4, -0.2) is 73.9 Å². The molecule has 0 unspecified atom stereocenters. The van der Waals surface area contributed by atoms with Gasteiger partial charge in [-0.05, 0) is 57.2 Å². The largest absolute Gasteiger partial charge is 0.393 e. The highest BCUT2D eigenvalue weighted by atomic mass is 35.5. The van der Waals surface area contributed by atoms with E-state index < -0.39 is 0 Å². The highest BCUT2D eigenvalue weighted by Gasteiger charge is 2.20. The summed E-state index contributed by atoms with van der Waals surface area (Å²) in [7, 11) is 0. The van der Waals surface area contributed by atoms with Gasteiger partial charge in [-0.2, -0.15) is 0 Å². The molecule has 0 radical (unpaired) electrons. The SMILES string of the molecule is CCNC(=NCCCN1CCN(c2cccc(Cl)c2)CC1)NC1CCC(O)CC1. The molecule has 1 saturated heterocycles. The molecule has 0 amide bonds. The van der Waals surface area contributed by atoms with E-state index in [0.29, 0.717) is 6.04 Å². The van der Waals surface area contributed by atoms with Gasteiger partial charge in [-0.1, -0.05) is 17.7 Å². The Bertz CT molecular complexity index is 640. The van der Waals surface area contributed by atoms with Crippen LogP contribution in [0.1, 0.15) is 39.0 Å². The number of rotatable bonds is 7. The standard InChI is InChI=1S/C22H36ClN5O/c1-2-24-22(26-19-7-9-21(29)10-8-19)25-11-4-12-27-13-15-28(16-14-27)20-6-3-5-18(23)17-20/h3,5-6,17,19,21,29H,2,4,7-16H2,1H3,(H2,24,25,26). The van der Waals surface area contributed by atoms with Gasteiger partial charge < -0.3 is 20.6 Å². The summed E-state index contributed by atoms with van der Waals surface area (Å²) in [4.78, 5) is 9.70. The van der Waals surface area contributed by atoms with Crippen LogP contribution in [-0.2, 0) is 0 Å². The first-order chi connectivity index (χ1) is 14.1. The van der Waals surface area contributed by atoms with E-state index in [1.807, 2.05) is 18.2 Å². The van der Waals surface area contributed by atoms with Crippen LogP contribution in [0.15, 0.2) is 29.3 Å². The summed E-state index contributed by atoms with van der Waals surface area (Å²) >= 11 is 6.12. The number of guanidine groups is 1. The quantitative estimate of drug-likeness (QED) is 0.359. The Hall–Kier alpha value is -1.50. The lowest BCUT2D eigenvalue weighted by atomic mass is 9.93. The van der Waals surface area contributed by atoms with Gasteiger partial charge >= 0.3 is 0 Å². The Labute approximate surface area is 180 Å². The van der Waals surface area contributed by atoms with Crippen molar-refractivity contribution in [2.75, 3.05) is 50.7 Å². The fourth-order valence-corrected chi connectivity index (χ4v) is 4.31. The molecule has 6 nitrogen and oxygen atoms in total. The summed E-state index contributed by atoms with van der Waals surface area (Å²) in [5.41, 5.74) is 1.22. The first kappa shape index (κ1) is 22.2. The van der Waals surface area contributed by atoms with Crippen molar-refractivity contribution in [2.45, 2.75) is 51.2 Å². The molecule has 29 heavy (non-hydrogen) atoms. The number of anilines is 1. The molecule has 162 valence electrons. The van der Waals surface area contributed by atoms with Gasteiger partial charge in [0, 0.05) is 62.6 Å². The minimum Gasteiger partial charge on any atom is -0.393 e. The first-order valence-corrected chi connectivity index (χ1v) is 11.5. The Balaban J connectivity index is 1.36. The van der Waals surface area contributed by atoms with Crippen molar-refractivity contribution in [1.29, 1.82) is 0 Å². The Kier molecular flexibility index (Phi) is 8.90. The van der Waals surface area contributed by atoms with E-state index >= 15 is 0 Å². The average molecular weight is 422 g/mol. The van der Waals surface area contributed by atoms with E-state index in [0.717, 1.165) is 88.9 Å². The predicted molar refractivity (Wildman–Crippen MR) is 122 cm³/mol. The number of aliphatic hydroxyl groups is 1. The first-order valence-electron chi connectivity index (χ1n) is 11.1. The predicted octanol–water partition coefficient (Wildman–Crippen LogP) is 2.71. The lowest BCUT2D eigenvalue weighted by Crippen LogP contribution is -2.47. The average Bonchev–Trinajstić information content (AvgIpc) is 2.73. The topological polar surface area (TPSA) is 63.1 Å². The molecule has 3 N–H and O–H groups in total. The van der Waals surface area contributed by atoms with Crippen LogP contribution in [0.5, 0.6) is 0 Å². The number of hydrogen-bond acceptors (Lipinski definition) is 4. The number of aliphatic imine (C=N–C) groups is 1. The van der Waals surface area contributed by atoms with Crippen molar-refractivity contribution in [3.8, 4) is 0 Å². The maximum absolute atomic E-state index is 9.67. The van der Waals surface area contributed by atoms with Crippen molar-refractivity contribution < 1.29 is 5.11 Å². The molecule has 1 aromatic rings. The Morgan fingerprint density at radius 3 is 2.62 bits per heavy atom. The zero-order valence-electron chi connectivity index (χ0n) is 17.6. The van der Waals surface area contributed by atoms with Crippen LogP contribution in [0.3, 0.4) is 0 Å². The van der Waals surface area contributed by atoms with Crippen molar-refractivity contribution in [1.82, 2.24) is 15.5 Å². The number of aliphatic hydroxyl groups excluding tert-OH is 1. The van der Waals surface area contributed by atoms with Gasteiger partial charge in [-0.25, -0.2) is 0 Å². The second kappa shape index (κ2) is 11.6. The number of nitrogens with one attached hydrogen (secondary N) is 2. The van der Waals surface area contributed by atoms with E-state index in [1.165, 1.54) is 5.69 Å². The third-order valence-corrected chi connectivity index (χ3v) is 6.06. The zero-order chi connectivity index (χ0) is 20.5. The fraction of sp³-hybridized carbons (Fsp3) is 0.682. The molecule has 0 bridgehead atoms. The van der Waals surface area contributed by atoms with Gasteiger partial charge in [-0.3, -0.25) is 9.89 Å². The van der Waals surface area contributed by atoms with E-state index in [1.54, 1.807) is 0 Å². The lowest BCUT2D eigenvalue weighted by molar-refractivity contribution is 0.120. The zero-order valence-corrected chi connectivity index (χ0v) is 18.4. The molecule has 2 fully saturated rings. The van der Waals surface area contributed by atoms with Crippen molar-refractivity contribution in [2.24, 2.45) is 4.99 Å². The molecule has 0 atom stereocenters. The second-order valence-electron chi connectivity index (χ2n) is 8.07. The summed E-state index contributed by atoms with van der Waals surface area (Å²) in [5.74, 6) is 0.916. The number of benzene rings is 1. The third-order valence-electron chi connectivity index (χ3n) is 5.83. The van der Waals surface area contributed by atoms with Crippen LogP contribution >= 0.6 is 11.6 Å². The number of halogens is 1. The maximum Gasteiger partial charge on any atom is 0.191 e. The van der Waals surface area contributed by atoms with Crippen LogP contribution in [0.2, 0.25) is 5.02 Å². The van der Waals surface area contributed by atoms with Gasteiger partial charge in [0.25, 0.3) is 0 Å². The Morgan fingerprint density at radius 2 is 1.93 bits per heavy atom. The summed E-state index contributed by atoms with van der Waals surface area (Å²) < 4.78 is 0. The molecule has 0 spiro atoms. The van der Waals surface area contributed by atoms with E-state index in [-0.39, 0.29) is 6.10 Å². The molecule has 1 aromatic carbocycles. The minimum absolute atomic E-state index is 0.119. The van der Waals surface area contributed by atoms with Crippen LogP contribution < -0.4 is 15.5 Å². The van der Waals surface area contributed by atoms with Crippen LogP contribution in [0, 0.1) is 0 Å². The van der Waals surface area contributed by atoms with Crippen molar-refractivity contribution >= 4 is 23.2 Å². The summed E-state index contributed by atoms with van der Waals surface area (Å²) in [6.07, 6.45) is 4.75. The maximum atomic E-state index is 9.67. The number of piperazine rings is 1. The molecule has 1 aliphatic carbocycles. The van der Waals surface area contributed by atoms with E-state index in [2.05, 4.69) is 33.4 Å². The molecule has 7 heteroatoms. The highest BCUT2D eigenvalue weighted by molar-refractivity contribution is 6.30. The second-order valence-corrected chi connectivity index (χ2v) is 8.51. The van der Waals surface area contributed by atoms with E-state index in [9.17, 15) is 5.11 Å². The van der Waals surface area contributed by atoms with Gasteiger partial charge in [-0.15, -0.1) is 0 Å². The van der Waals surface area contributed by atoms with Gasteiger partial charge in [0.05, 0.1) is 6.10 Å². The molecular weight excluding hydrogens is 386 g/mol. The molecule has 1 saturated carbocycles. The monoisotopic (exact) mass is 421 g/mol. The molecular formula is C22H36ClN5O. The minimum atomic E-state index is -0.119. The molecule has 1 heterocycles. The third kappa shape index (κ3) is 7.36. The summed E-state index contributed by atoms with van der Waals surface area (Å²) in [6.45, 7) is 9.13. The van der Waals surface area contributed by atoms with Crippen molar-refractivity contribution in [3.63, 3.8) is 0 Å². The highest BCUT2D eigenvalue weighted by Crippen LogP contribution is 2.21. The van der Waals surface area contributed by atoms with E-state index in [4.69, 9.17) is 16.6 Å². The smallest absolute Gasteiger partial charge is 0.191 e. The molecule has 1 aliphatic heterocycles. The molecule has 2 aliphatic rings. The molecule has 3 rings (SSSR count). The van der Waals surface area contributed by atoms with Gasteiger partial charge in [0.1, 0.15) is 0 Å². The van der Waals surface area contributed by atoms with Crippen LogP contribution in [0.4, 0.5) is 5.69 Å². The normalized spacial score (nSPS) is 23.8. The summed E-state index contributed by atoms with van der Waals surface area (Å²) in [6, 6.07) is 8.56. The number of hydrogen-bond donors (Lipinski definition) is 3. The molecule has 0 aromatic heterocycles.